The van der Waals surface area contributed by atoms with Crippen LogP contribution in [0.15, 0.2) is 23.3 Å². The number of nitrogens with zero attached hydrogens (tertiary/aromatic N) is 4. The first-order valence-electron chi connectivity index (χ1n) is 24.7. The number of nitrogens with one attached hydrogen (secondary N) is 3. The summed E-state index contributed by atoms with van der Waals surface area (Å²) >= 11 is 0. The minimum absolute atomic E-state index is 0.0400. The van der Waals surface area contributed by atoms with Crippen molar-refractivity contribution in [2.75, 3.05) is 105 Å². The number of aliphatic carboxylic acids is 2. The lowest BCUT2D eigenvalue weighted by molar-refractivity contribution is -0.134. The number of piperidine rings is 2. The molecule has 400 valence electrons. The van der Waals surface area contributed by atoms with E-state index < -0.39 is 47.8 Å². The fourth-order valence-corrected chi connectivity index (χ4v) is 9.53. The zero-order valence-corrected chi connectivity index (χ0v) is 41.8. The molecule has 0 radical (unpaired) electrons. The second-order valence-corrected chi connectivity index (χ2v) is 19.4. The Hall–Kier alpha value is -5.11. The Kier molecular flexibility index (Phi) is 22.1. The van der Waals surface area contributed by atoms with E-state index in [0.29, 0.717) is 72.2 Å². The minimum Gasteiger partial charge on any atom is -0.478 e. The molecular formula is C47H76N8O16. The third-order valence-electron chi connectivity index (χ3n) is 12.8. The smallest absolute Gasteiger partial charge is 0.409 e. The number of rotatable bonds is 15. The second kappa shape index (κ2) is 27.6. The molecule has 0 aromatic carbocycles. The number of amides is 5. The summed E-state index contributed by atoms with van der Waals surface area (Å²) in [7, 11) is 0. The Morgan fingerprint density at radius 2 is 1.08 bits per heavy atom. The normalized spacial score (nSPS) is 27.6. The number of alkyl carbamates (subject to hydrolysis) is 1. The molecule has 71 heavy (non-hydrogen) atoms. The fourth-order valence-electron chi connectivity index (χ4n) is 9.53. The van der Waals surface area contributed by atoms with Gasteiger partial charge in [0.15, 0.2) is 0 Å². The molecule has 0 aromatic rings. The summed E-state index contributed by atoms with van der Waals surface area (Å²) in [6, 6.07) is -2.93. The number of carbonyl (C=O) groups is 7. The Labute approximate surface area is 415 Å². The van der Waals surface area contributed by atoms with Gasteiger partial charge in [0.25, 0.3) is 0 Å². The van der Waals surface area contributed by atoms with Crippen LogP contribution in [0.5, 0.6) is 0 Å². The SMILES string of the molecule is CC(=O)N[C@@H]1[C@@H](NC(=O)OC(C)(C)C)CC(C(=O)O)=C[C@H]1N1CCC[C@H](OCCOC(=O)N2CCOCC2)C1.CC(=O)N[C@H]1[C@H](N2CCC[C@H](OCCOC(=O)N3CCOCC3)C2)C=C(C(=O)O)C[C@@H]1N. The Morgan fingerprint density at radius 1 is 0.648 bits per heavy atom. The van der Waals surface area contributed by atoms with Crippen molar-refractivity contribution in [3.05, 3.63) is 23.3 Å². The molecule has 5 amide bonds. The van der Waals surface area contributed by atoms with Crippen molar-refractivity contribution in [1.29, 1.82) is 0 Å². The number of nitrogens with two attached hydrogens (primary N) is 1. The first kappa shape index (κ1) is 56.8. The Morgan fingerprint density at radius 3 is 1.52 bits per heavy atom. The number of carbonyl (C=O) groups excluding carboxylic acids is 5. The molecule has 0 aromatic heterocycles. The van der Waals surface area contributed by atoms with E-state index >= 15 is 0 Å². The highest BCUT2D eigenvalue weighted by Crippen LogP contribution is 2.29. The van der Waals surface area contributed by atoms with Gasteiger partial charge in [-0.1, -0.05) is 12.2 Å². The predicted octanol–water partition coefficient (Wildman–Crippen LogP) is 0.669. The van der Waals surface area contributed by atoms with Gasteiger partial charge in [0.05, 0.1) is 82.1 Å². The maximum absolute atomic E-state index is 12.6. The van der Waals surface area contributed by atoms with E-state index in [-0.39, 0.29) is 98.7 Å². The third-order valence-corrected chi connectivity index (χ3v) is 12.8. The number of likely N-dealkylation sites (tertiary alicyclic amines) is 2. The molecule has 6 aliphatic rings. The van der Waals surface area contributed by atoms with E-state index in [0.717, 1.165) is 32.2 Å². The molecule has 8 atom stereocenters. The first-order chi connectivity index (χ1) is 33.8. The summed E-state index contributed by atoms with van der Waals surface area (Å²) in [6.45, 7) is 15.4. The van der Waals surface area contributed by atoms with Gasteiger partial charge in [0.2, 0.25) is 11.8 Å². The van der Waals surface area contributed by atoms with E-state index in [1.807, 2.05) is 0 Å². The third kappa shape index (κ3) is 18.5. The fraction of sp³-hybridized carbons (Fsp3) is 0.766. The molecule has 0 saturated carbocycles. The molecule has 4 heterocycles. The van der Waals surface area contributed by atoms with Gasteiger partial charge in [-0.15, -0.1) is 0 Å². The standard InChI is InChI=1S/C26H42N4O9.C21H34N4O7/c1-17(31)27-22-20(28-24(34)39-26(2,3)4)14-18(23(32)33)15-21(22)30-7-5-6-19(16-30)37-12-13-38-25(35)29-8-10-36-11-9-29;1-14(26)23-19-17(22)11-15(20(27)28)12-18(19)25-4-2-3-16(13-25)31-9-10-32-21(29)24-5-7-30-8-6-24/h15,19-22H,5-14,16H2,1-4H3,(H,27,31)(H,28,34)(H,32,33);12,16-19H,2-11,13,22H2,1H3,(H,23,26)(H,27,28)/t19-,20-,21+,22+;16-,17-,18+,19+/m00/s1. The summed E-state index contributed by atoms with van der Waals surface area (Å²) in [4.78, 5) is 91.6. The molecule has 7 N–H and O–H groups in total. The van der Waals surface area contributed by atoms with Crippen LogP contribution in [-0.4, -0.2) is 231 Å². The van der Waals surface area contributed by atoms with Crippen molar-refractivity contribution in [2.45, 2.75) is 127 Å². The minimum atomic E-state index is -1.08. The van der Waals surface area contributed by atoms with E-state index in [4.69, 9.17) is 38.9 Å². The van der Waals surface area contributed by atoms with E-state index in [2.05, 4.69) is 25.8 Å². The molecule has 24 heteroatoms. The van der Waals surface area contributed by atoms with Gasteiger partial charge in [-0.2, -0.15) is 0 Å². The number of hydrogen-bond acceptors (Lipinski definition) is 17. The molecule has 24 nitrogen and oxygen atoms in total. The van der Waals surface area contributed by atoms with E-state index in [1.54, 1.807) is 42.7 Å². The van der Waals surface area contributed by atoms with Crippen molar-refractivity contribution in [3.63, 3.8) is 0 Å². The van der Waals surface area contributed by atoms with Gasteiger partial charge >= 0.3 is 30.2 Å². The van der Waals surface area contributed by atoms with Crippen LogP contribution in [0.1, 0.15) is 73.1 Å². The molecule has 6 rings (SSSR count). The average molecular weight is 1010 g/mol. The molecule has 0 unspecified atom stereocenters. The molecule has 0 bridgehead atoms. The van der Waals surface area contributed by atoms with Gasteiger partial charge in [-0.25, -0.2) is 24.0 Å². The largest absolute Gasteiger partial charge is 0.478 e. The topological polar surface area (TPSA) is 300 Å². The molecule has 2 aliphatic carbocycles. The molecule has 0 spiro atoms. The van der Waals surface area contributed by atoms with Crippen molar-refractivity contribution in [2.24, 2.45) is 5.73 Å². The summed E-state index contributed by atoms with van der Waals surface area (Å²) in [6.07, 6.45) is 5.25. The quantitative estimate of drug-likeness (QED) is 0.0970. The highest BCUT2D eigenvalue weighted by molar-refractivity contribution is 5.88. The maximum atomic E-state index is 12.6. The van der Waals surface area contributed by atoms with Crippen molar-refractivity contribution >= 4 is 42.0 Å². The van der Waals surface area contributed by atoms with Crippen LogP contribution < -0.4 is 21.7 Å². The van der Waals surface area contributed by atoms with Gasteiger partial charge in [-0.3, -0.25) is 19.4 Å². The second-order valence-electron chi connectivity index (χ2n) is 19.4. The number of carboxylic acids is 2. The Bertz CT molecular complexity index is 1890. The number of hydrogen-bond donors (Lipinski definition) is 6. The Balaban J connectivity index is 0.000000269. The molecule has 4 fully saturated rings. The average Bonchev–Trinajstić information content (AvgIpc) is 3.32. The van der Waals surface area contributed by atoms with Crippen molar-refractivity contribution in [1.82, 2.24) is 35.6 Å². The monoisotopic (exact) mass is 1010 g/mol. The zero-order chi connectivity index (χ0) is 51.7. The highest BCUT2D eigenvalue weighted by Gasteiger charge is 2.42. The van der Waals surface area contributed by atoms with Crippen LogP contribution in [0, 0.1) is 0 Å². The molecular weight excluding hydrogens is 933 g/mol. The lowest BCUT2D eigenvalue weighted by Crippen LogP contribution is -2.64. The van der Waals surface area contributed by atoms with Crippen molar-refractivity contribution < 1.29 is 76.9 Å². The van der Waals surface area contributed by atoms with Crippen molar-refractivity contribution in [3.8, 4) is 0 Å². The highest BCUT2D eigenvalue weighted by atomic mass is 16.6. The van der Waals surface area contributed by atoms with Gasteiger partial charge < -0.3 is 74.9 Å². The first-order valence-corrected chi connectivity index (χ1v) is 24.7. The number of carboxylic acid groups (broad SMARTS) is 2. The number of ether oxygens (including phenoxy) is 7. The van der Waals surface area contributed by atoms with Crippen LogP contribution in [-0.2, 0) is 52.3 Å². The summed E-state index contributed by atoms with van der Waals surface area (Å²) in [5, 5.41) is 27.9. The summed E-state index contributed by atoms with van der Waals surface area (Å²) in [5.41, 5.74) is 5.92. The van der Waals surface area contributed by atoms with Gasteiger partial charge in [0, 0.05) is 76.7 Å². The van der Waals surface area contributed by atoms with Crippen LogP contribution >= 0.6 is 0 Å². The van der Waals surface area contributed by atoms with Gasteiger partial charge in [0.1, 0.15) is 18.8 Å². The van der Waals surface area contributed by atoms with Crippen LogP contribution in [0.4, 0.5) is 14.4 Å². The summed E-state index contributed by atoms with van der Waals surface area (Å²) < 4.78 is 38.4. The van der Waals surface area contributed by atoms with Gasteiger partial charge in [-0.05, 0) is 66.0 Å². The lowest BCUT2D eigenvalue weighted by Gasteiger charge is -2.45. The van der Waals surface area contributed by atoms with Crippen LogP contribution in [0.25, 0.3) is 0 Å². The van der Waals surface area contributed by atoms with Crippen LogP contribution in [0.3, 0.4) is 0 Å². The van der Waals surface area contributed by atoms with E-state index in [9.17, 15) is 43.8 Å². The lowest BCUT2D eigenvalue weighted by atomic mass is 9.84. The zero-order valence-electron chi connectivity index (χ0n) is 41.8. The molecule has 4 aliphatic heterocycles. The predicted molar refractivity (Wildman–Crippen MR) is 253 cm³/mol. The maximum Gasteiger partial charge on any atom is 0.409 e. The van der Waals surface area contributed by atoms with E-state index in [1.165, 1.54) is 13.8 Å². The number of morpholine rings is 2. The summed E-state index contributed by atoms with van der Waals surface area (Å²) in [5.74, 6) is -2.56. The van der Waals surface area contributed by atoms with Crippen LogP contribution in [0.2, 0.25) is 0 Å². The molecule has 4 saturated heterocycles.